The molecule has 1 aromatic heterocycles. The first kappa shape index (κ1) is 21.5. The van der Waals surface area contributed by atoms with Gasteiger partial charge in [0, 0.05) is 12.1 Å². The van der Waals surface area contributed by atoms with E-state index in [0.717, 1.165) is 29.2 Å². The number of halogens is 1. The minimum absolute atomic E-state index is 0. The first-order valence-corrected chi connectivity index (χ1v) is 8.28. The van der Waals surface area contributed by atoms with Crippen molar-refractivity contribution in [3.63, 3.8) is 0 Å². The van der Waals surface area contributed by atoms with Gasteiger partial charge in [-0.05, 0) is 39.3 Å². The third-order valence-corrected chi connectivity index (χ3v) is 3.83. The molecule has 1 aromatic carbocycles. The molecule has 0 aliphatic heterocycles. The molecular weight excluding hydrogens is 429 g/mol. The number of aliphatic imine (C=N–C) groups is 1. The molecule has 0 bridgehead atoms. The first-order valence-electron chi connectivity index (χ1n) is 8.28. The zero-order chi connectivity index (χ0) is 17.6. The van der Waals surface area contributed by atoms with E-state index < -0.39 is 5.60 Å². The van der Waals surface area contributed by atoms with Gasteiger partial charge in [-0.3, -0.25) is 0 Å². The van der Waals surface area contributed by atoms with Gasteiger partial charge in [-0.25, -0.2) is 4.99 Å². The number of benzene rings is 1. The predicted octanol–water partition coefficient (Wildman–Crippen LogP) is 3.48. The van der Waals surface area contributed by atoms with E-state index in [2.05, 4.69) is 15.6 Å². The monoisotopic (exact) mass is 457 g/mol. The second-order valence-corrected chi connectivity index (χ2v) is 6.14. The van der Waals surface area contributed by atoms with Crippen LogP contribution in [0.15, 0.2) is 45.8 Å². The number of furan rings is 1. The van der Waals surface area contributed by atoms with Crippen molar-refractivity contribution in [1.29, 1.82) is 0 Å². The highest BCUT2D eigenvalue weighted by Gasteiger charge is 2.27. The van der Waals surface area contributed by atoms with Crippen LogP contribution in [0.3, 0.4) is 0 Å². The van der Waals surface area contributed by atoms with E-state index >= 15 is 0 Å². The van der Waals surface area contributed by atoms with E-state index in [0.29, 0.717) is 19.0 Å². The predicted molar refractivity (Wildman–Crippen MR) is 112 cm³/mol. The highest BCUT2D eigenvalue weighted by Crippen LogP contribution is 2.26. The average Bonchev–Trinajstić information content (AvgIpc) is 2.90. The van der Waals surface area contributed by atoms with Gasteiger partial charge in [-0.1, -0.05) is 30.3 Å². The number of aliphatic hydroxyl groups is 1. The Kier molecular flexibility index (Phi) is 8.44. The molecule has 0 aliphatic carbocycles. The molecule has 0 amide bonds. The Hall–Kier alpha value is -1.54. The summed E-state index contributed by atoms with van der Waals surface area (Å²) in [7, 11) is 0. The van der Waals surface area contributed by atoms with Crippen LogP contribution in [0.2, 0.25) is 0 Å². The van der Waals surface area contributed by atoms with Gasteiger partial charge < -0.3 is 20.2 Å². The lowest BCUT2D eigenvalue weighted by Gasteiger charge is -2.24. The van der Waals surface area contributed by atoms with Crippen molar-refractivity contribution in [1.82, 2.24) is 10.6 Å². The summed E-state index contributed by atoms with van der Waals surface area (Å²) in [4.78, 5) is 4.57. The van der Waals surface area contributed by atoms with Gasteiger partial charge in [0.2, 0.25) is 0 Å². The summed E-state index contributed by atoms with van der Waals surface area (Å²) in [5.74, 6) is 2.22. The Balaban J connectivity index is 0.00000312. The molecule has 3 N–H and O–H groups in total. The van der Waals surface area contributed by atoms with Crippen LogP contribution in [-0.4, -0.2) is 24.2 Å². The molecule has 1 atom stereocenters. The number of aryl methyl sites for hydroxylation is 2. The van der Waals surface area contributed by atoms with Gasteiger partial charge in [-0.15, -0.1) is 24.0 Å². The fourth-order valence-electron chi connectivity index (χ4n) is 2.61. The second-order valence-electron chi connectivity index (χ2n) is 6.14. The van der Waals surface area contributed by atoms with Crippen LogP contribution in [0.5, 0.6) is 0 Å². The molecule has 25 heavy (non-hydrogen) atoms. The third kappa shape index (κ3) is 6.36. The van der Waals surface area contributed by atoms with Crippen LogP contribution >= 0.6 is 24.0 Å². The number of rotatable bonds is 6. The highest BCUT2D eigenvalue weighted by atomic mass is 127. The Bertz CT molecular complexity index is 681. The maximum absolute atomic E-state index is 10.8. The van der Waals surface area contributed by atoms with E-state index in [1.165, 1.54) is 0 Å². The number of nitrogens with zero attached hydrogens (tertiary/aromatic N) is 1. The quantitative estimate of drug-likeness (QED) is 0.353. The summed E-state index contributed by atoms with van der Waals surface area (Å²) in [6.07, 6.45) is 0. The van der Waals surface area contributed by atoms with Crippen LogP contribution in [0.1, 0.15) is 36.5 Å². The maximum atomic E-state index is 10.8. The number of hydrogen-bond acceptors (Lipinski definition) is 3. The normalized spacial score (nSPS) is 13.7. The molecule has 1 heterocycles. The Morgan fingerprint density at radius 1 is 1.20 bits per heavy atom. The largest absolute Gasteiger partial charge is 0.466 e. The minimum Gasteiger partial charge on any atom is -0.466 e. The second kappa shape index (κ2) is 9.82. The minimum atomic E-state index is -1.04. The lowest BCUT2D eigenvalue weighted by molar-refractivity contribution is 0.0601. The Labute approximate surface area is 167 Å². The summed E-state index contributed by atoms with van der Waals surface area (Å²) >= 11 is 0. The van der Waals surface area contributed by atoms with Gasteiger partial charge in [0.15, 0.2) is 5.96 Å². The van der Waals surface area contributed by atoms with Gasteiger partial charge in [-0.2, -0.15) is 0 Å². The van der Waals surface area contributed by atoms with Crippen molar-refractivity contribution in [3.8, 4) is 0 Å². The fourth-order valence-corrected chi connectivity index (χ4v) is 2.61. The van der Waals surface area contributed by atoms with Crippen LogP contribution in [0.4, 0.5) is 0 Å². The molecule has 2 aromatic rings. The molecule has 0 saturated heterocycles. The van der Waals surface area contributed by atoms with Crippen LogP contribution in [0.25, 0.3) is 0 Å². The molecule has 0 saturated carbocycles. The van der Waals surface area contributed by atoms with E-state index in [4.69, 9.17) is 4.42 Å². The Morgan fingerprint density at radius 2 is 1.88 bits per heavy atom. The molecule has 138 valence electrons. The average molecular weight is 457 g/mol. The molecule has 1 unspecified atom stereocenters. The van der Waals surface area contributed by atoms with Crippen molar-refractivity contribution in [2.24, 2.45) is 4.99 Å². The molecule has 0 aliphatic rings. The first-order chi connectivity index (χ1) is 11.4. The molecule has 0 radical (unpaired) electrons. The third-order valence-electron chi connectivity index (χ3n) is 3.83. The van der Waals surface area contributed by atoms with E-state index in [1.54, 1.807) is 6.92 Å². The van der Waals surface area contributed by atoms with E-state index in [-0.39, 0.29) is 24.0 Å². The van der Waals surface area contributed by atoms with Crippen molar-refractivity contribution in [2.45, 2.75) is 39.8 Å². The zero-order valence-corrected chi connectivity index (χ0v) is 17.6. The zero-order valence-electron chi connectivity index (χ0n) is 15.3. The molecule has 6 heteroatoms. The van der Waals surface area contributed by atoms with Crippen LogP contribution in [-0.2, 0) is 12.1 Å². The molecular formula is C19H28IN3O2. The van der Waals surface area contributed by atoms with Crippen molar-refractivity contribution in [2.75, 3.05) is 13.1 Å². The topological polar surface area (TPSA) is 69.8 Å². The van der Waals surface area contributed by atoms with Gasteiger partial charge in [0.1, 0.15) is 17.1 Å². The number of guanidine groups is 1. The maximum Gasteiger partial charge on any atom is 0.191 e. The summed E-state index contributed by atoms with van der Waals surface area (Å²) in [5.41, 5.74) is 0.902. The summed E-state index contributed by atoms with van der Waals surface area (Å²) in [5, 5.41) is 17.2. The molecule has 0 spiro atoms. The lowest BCUT2D eigenvalue weighted by atomic mass is 9.96. The molecule has 5 nitrogen and oxygen atoms in total. The summed E-state index contributed by atoms with van der Waals surface area (Å²) < 4.78 is 5.53. The standard InChI is InChI=1S/C19H27N3O2.HI/c1-5-20-18(21-12-16-9-7-6-8-10-16)22-13-19(4,23)17-11-14(2)24-15(17)3;/h6-11,23H,5,12-13H2,1-4H3,(H2,20,21,22);1H. The van der Waals surface area contributed by atoms with Gasteiger partial charge in [0.05, 0.1) is 13.1 Å². The van der Waals surface area contributed by atoms with Crippen LogP contribution < -0.4 is 10.6 Å². The summed E-state index contributed by atoms with van der Waals surface area (Å²) in [6.45, 7) is 9.22. The smallest absolute Gasteiger partial charge is 0.191 e. The molecule has 2 rings (SSSR count). The van der Waals surface area contributed by atoms with E-state index in [1.807, 2.05) is 57.2 Å². The highest BCUT2D eigenvalue weighted by molar-refractivity contribution is 14.0. The van der Waals surface area contributed by atoms with Crippen molar-refractivity contribution < 1.29 is 9.52 Å². The number of hydrogen-bond donors (Lipinski definition) is 3. The molecule has 0 fully saturated rings. The van der Waals surface area contributed by atoms with Crippen LogP contribution in [0, 0.1) is 13.8 Å². The van der Waals surface area contributed by atoms with Gasteiger partial charge in [0.25, 0.3) is 0 Å². The van der Waals surface area contributed by atoms with E-state index in [9.17, 15) is 5.11 Å². The van der Waals surface area contributed by atoms with Gasteiger partial charge >= 0.3 is 0 Å². The number of nitrogens with one attached hydrogen (secondary N) is 2. The van der Waals surface area contributed by atoms with Crippen molar-refractivity contribution >= 4 is 29.9 Å². The Morgan fingerprint density at radius 3 is 2.44 bits per heavy atom. The van der Waals surface area contributed by atoms with Crippen molar-refractivity contribution in [3.05, 3.63) is 59.0 Å². The lowest BCUT2D eigenvalue weighted by Crippen LogP contribution is -2.44. The SMILES string of the molecule is CCNC(=NCc1ccccc1)NCC(C)(O)c1cc(C)oc1C.I. The fraction of sp³-hybridized carbons (Fsp3) is 0.421. The summed E-state index contributed by atoms with van der Waals surface area (Å²) in [6, 6.07) is 12.0.